The van der Waals surface area contributed by atoms with E-state index in [9.17, 15) is 4.79 Å². The number of likely N-dealkylation sites (tertiary alicyclic amines) is 1. The Morgan fingerprint density at radius 1 is 1.57 bits per heavy atom. The number of hydrogen-bond donors (Lipinski definition) is 1. The molecule has 0 bridgehead atoms. The number of halogens is 1. The highest BCUT2D eigenvalue weighted by atomic mass is 79.9. The summed E-state index contributed by atoms with van der Waals surface area (Å²) in [4.78, 5) is 14.5. The fourth-order valence-electron chi connectivity index (χ4n) is 2.83. The maximum atomic E-state index is 12.5. The Kier molecular flexibility index (Phi) is 5.65. The number of ether oxygens (including phenoxy) is 1. The maximum absolute atomic E-state index is 12.5. The SMILES string of the molecule is COc1ccc(Br)cc1CC(=O)N1CCC[C@H]([C@H](C)N)C1. The van der Waals surface area contributed by atoms with Gasteiger partial charge in [0.2, 0.25) is 5.91 Å². The van der Waals surface area contributed by atoms with Gasteiger partial charge in [0.15, 0.2) is 0 Å². The summed E-state index contributed by atoms with van der Waals surface area (Å²) in [5.74, 6) is 1.32. The number of nitrogens with two attached hydrogens (primary N) is 1. The van der Waals surface area contributed by atoms with Gasteiger partial charge in [-0.2, -0.15) is 0 Å². The highest BCUT2D eigenvalue weighted by Crippen LogP contribution is 2.25. The van der Waals surface area contributed by atoms with Crippen LogP contribution in [-0.4, -0.2) is 37.0 Å². The van der Waals surface area contributed by atoms with Gasteiger partial charge < -0.3 is 15.4 Å². The molecule has 1 aliphatic rings. The van der Waals surface area contributed by atoms with E-state index in [1.165, 1.54) is 0 Å². The minimum atomic E-state index is 0.140. The first kappa shape index (κ1) is 16.3. The number of hydrogen-bond acceptors (Lipinski definition) is 3. The summed E-state index contributed by atoms with van der Waals surface area (Å²) in [7, 11) is 1.63. The first-order chi connectivity index (χ1) is 10.0. The van der Waals surface area contributed by atoms with Gasteiger partial charge in [0.25, 0.3) is 0 Å². The van der Waals surface area contributed by atoms with Crippen molar-refractivity contribution in [2.24, 2.45) is 11.7 Å². The standard InChI is InChI=1S/C16H23BrN2O2/c1-11(18)12-4-3-7-19(10-12)16(20)9-13-8-14(17)5-6-15(13)21-2/h5-6,8,11-12H,3-4,7,9-10,18H2,1-2H3/t11-,12-/m0/s1. The number of carbonyl (C=O) groups is 1. The molecule has 1 aliphatic heterocycles. The van der Waals surface area contributed by atoms with Gasteiger partial charge in [-0.3, -0.25) is 4.79 Å². The van der Waals surface area contributed by atoms with Gasteiger partial charge in [-0.05, 0) is 43.9 Å². The summed E-state index contributed by atoms with van der Waals surface area (Å²) in [6.07, 6.45) is 2.52. The molecule has 0 unspecified atom stereocenters. The van der Waals surface area contributed by atoms with E-state index in [1.54, 1.807) is 7.11 Å². The van der Waals surface area contributed by atoms with Gasteiger partial charge >= 0.3 is 0 Å². The number of piperidine rings is 1. The minimum absolute atomic E-state index is 0.140. The van der Waals surface area contributed by atoms with Crippen LogP contribution in [0.4, 0.5) is 0 Å². The highest BCUT2D eigenvalue weighted by Gasteiger charge is 2.26. The van der Waals surface area contributed by atoms with Gasteiger partial charge in [0.1, 0.15) is 5.75 Å². The molecule has 5 heteroatoms. The summed E-state index contributed by atoms with van der Waals surface area (Å²) in [6, 6.07) is 5.89. The van der Waals surface area contributed by atoms with E-state index in [0.717, 1.165) is 41.7 Å². The Morgan fingerprint density at radius 3 is 3.00 bits per heavy atom. The molecule has 21 heavy (non-hydrogen) atoms. The molecular weight excluding hydrogens is 332 g/mol. The van der Waals surface area contributed by atoms with Crippen molar-refractivity contribution in [2.45, 2.75) is 32.2 Å². The molecular formula is C16H23BrN2O2. The Labute approximate surface area is 134 Å². The number of methoxy groups -OCH3 is 1. The van der Waals surface area contributed by atoms with E-state index in [2.05, 4.69) is 15.9 Å². The van der Waals surface area contributed by atoms with Gasteiger partial charge in [0.05, 0.1) is 13.5 Å². The predicted octanol–water partition coefficient (Wildman–Crippen LogP) is 2.59. The smallest absolute Gasteiger partial charge is 0.227 e. The second-order valence-corrected chi connectivity index (χ2v) is 6.65. The second-order valence-electron chi connectivity index (χ2n) is 5.73. The van der Waals surface area contributed by atoms with E-state index in [-0.39, 0.29) is 11.9 Å². The van der Waals surface area contributed by atoms with Crippen LogP contribution in [-0.2, 0) is 11.2 Å². The predicted molar refractivity (Wildman–Crippen MR) is 87.4 cm³/mol. The normalized spacial score (nSPS) is 20.2. The van der Waals surface area contributed by atoms with Crippen LogP contribution in [0.2, 0.25) is 0 Å². The fraction of sp³-hybridized carbons (Fsp3) is 0.562. The maximum Gasteiger partial charge on any atom is 0.227 e. The van der Waals surface area contributed by atoms with Gasteiger partial charge in [-0.1, -0.05) is 15.9 Å². The molecule has 0 saturated carbocycles. The number of nitrogens with zero attached hydrogens (tertiary/aromatic N) is 1. The van der Waals surface area contributed by atoms with E-state index in [4.69, 9.17) is 10.5 Å². The zero-order chi connectivity index (χ0) is 15.4. The third-order valence-corrected chi connectivity index (χ3v) is 4.63. The van der Waals surface area contributed by atoms with Crippen LogP contribution >= 0.6 is 15.9 Å². The molecule has 1 fully saturated rings. The Hall–Kier alpha value is -1.07. The first-order valence-electron chi connectivity index (χ1n) is 7.37. The first-order valence-corrected chi connectivity index (χ1v) is 8.16. The molecule has 2 atom stereocenters. The van der Waals surface area contributed by atoms with Crippen LogP contribution in [0, 0.1) is 5.92 Å². The average molecular weight is 355 g/mol. The lowest BCUT2D eigenvalue weighted by Gasteiger charge is -2.34. The molecule has 1 aromatic rings. The van der Waals surface area contributed by atoms with E-state index in [0.29, 0.717) is 12.3 Å². The Balaban J connectivity index is 2.06. The van der Waals surface area contributed by atoms with Crippen LogP contribution in [0.3, 0.4) is 0 Å². The van der Waals surface area contributed by atoms with E-state index < -0.39 is 0 Å². The zero-order valence-corrected chi connectivity index (χ0v) is 14.2. The molecule has 0 spiro atoms. The topological polar surface area (TPSA) is 55.6 Å². The summed E-state index contributed by atoms with van der Waals surface area (Å²) in [6.45, 7) is 3.63. The summed E-state index contributed by atoms with van der Waals surface area (Å²) in [5.41, 5.74) is 6.90. The van der Waals surface area contributed by atoms with Crippen molar-refractivity contribution in [1.82, 2.24) is 4.90 Å². The molecule has 2 rings (SSSR count). The lowest BCUT2D eigenvalue weighted by molar-refractivity contribution is -0.132. The van der Waals surface area contributed by atoms with E-state index >= 15 is 0 Å². The van der Waals surface area contributed by atoms with Crippen molar-refractivity contribution in [3.63, 3.8) is 0 Å². The number of benzene rings is 1. The summed E-state index contributed by atoms with van der Waals surface area (Å²) in [5, 5.41) is 0. The third-order valence-electron chi connectivity index (χ3n) is 4.14. The second kappa shape index (κ2) is 7.27. The summed E-state index contributed by atoms with van der Waals surface area (Å²) >= 11 is 3.44. The molecule has 1 saturated heterocycles. The molecule has 1 amide bonds. The van der Waals surface area contributed by atoms with Gasteiger partial charge in [-0.15, -0.1) is 0 Å². The fourth-order valence-corrected chi connectivity index (χ4v) is 3.23. The zero-order valence-electron chi connectivity index (χ0n) is 12.6. The van der Waals surface area contributed by atoms with Crippen molar-refractivity contribution >= 4 is 21.8 Å². The summed E-state index contributed by atoms with van der Waals surface area (Å²) < 4.78 is 6.29. The van der Waals surface area contributed by atoms with Crippen molar-refractivity contribution in [3.05, 3.63) is 28.2 Å². The van der Waals surface area contributed by atoms with Crippen molar-refractivity contribution in [1.29, 1.82) is 0 Å². The van der Waals surface area contributed by atoms with Crippen molar-refractivity contribution < 1.29 is 9.53 Å². The number of rotatable bonds is 4. The van der Waals surface area contributed by atoms with Crippen LogP contribution in [0.25, 0.3) is 0 Å². The highest BCUT2D eigenvalue weighted by molar-refractivity contribution is 9.10. The van der Waals surface area contributed by atoms with Crippen LogP contribution in [0.15, 0.2) is 22.7 Å². The largest absolute Gasteiger partial charge is 0.496 e. The molecule has 0 aliphatic carbocycles. The number of amides is 1. The lowest BCUT2D eigenvalue weighted by atomic mass is 9.92. The van der Waals surface area contributed by atoms with E-state index in [1.807, 2.05) is 30.0 Å². The molecule has 1 heterocycles. The molecule has 1 aromatic carbocycles. The third kappa shape index (κ3) is 4.20. The minimum Gasteiger partial charge on any atom is -0.496 e. The van der Waals surface area contributed by atoms with Crippen molar-refractivity contribution in [3.8, 4) is 5.75 Å². The molecule has 2 N–H and O–H groups in total. The molecule has 4 nitrogen and oxygen atoms in total. The molecule has 116 valence electrons. The van der Waals surface area contributed by atoms with Crippen LogP contribution in [0.5, 0.6) is 5.75 Å². The Bertz CT molecular complexity index is 505. The average Bonchev–Trinajstić information content (AvgIpc) is 2.47. The monoisotopic (exact) mass is 354 g/mol. The number of carbonyl (C=O) groups excluding carboxylic acids is 1. The lowest BCUT2D eigenvalue weighted by Crippen LogP contribution is -2.45. The van der Waals surface area contributed by atoms with Gasteiger partial charge in [-0.25, -0.2) is 0 Å². The Morgan fingerprint density at radius 2 is 2.33 bits per heavy atom. The van der Waals surface area contributed by atoms with Crippen molar-refractivity contribution in [2.75, 3.05) is 20.2 Å². The van der Waals surface area contributed by atoms with Gasteiger partial charge in [0, 0.05) is 29.2 Å². The quantitative estimate of drug-likeness (QED) is 0.903. The molecule has 0 radical (unpaired) electrons. The van der Waals surface area contributed by atoms with Crippen LogP contribution in [0.1, 0.15) is 25.3 Å². The van der Waals surface area contributed by atoms with Crippen LogP contribution < -0.4 is 10.5 Å². The molecule has 0 aromatic heterocycles.